The number of hydrogen-bond acceptors (Lipinski definition) is 7. The maximum Gasteiger partial charge on any atom is 0.348 e. The summed E-state index contributed by atoms with van der Waals surface area (Å²) in [7, 11) is -2.61. The molecular weight excluding hydrogens is 328 g/mol. The average Bonchev–Trinajstić information content (AvgIpc) is 3.05. The first kappa shape index (κ1) is 16.5. The van der Waals surface area contributed by atoms with Gasteiger partial charge in [0.25, 0.3) is 10.0 Å². The van der Waals surface area contributed by atoms with E-state index >= 15 is 0 Å². The average molecular weight is 344 g/mol. The molecule has 0 aliphatic rings. The van der Waals surface area contributed by atoms with Crippen LogP contribution >= 0.6 is 11.3 Å². The second-order valence-electron chi connectivity index (χ2n) is 5.54. The van der Waals surface area contributed by atoms with Gasteiger partial charge in [-0.1, -0.05) is 25.9 Å². The van der Waals surface area contributed by atoms with Gasteiger partial charge in [0.2, 0.25) is 5.88 Å². The third kappa shape index (κ3) is 3.47. The molecule has 0 fully saturated rings. The van der Waals surface area contributed by atoms with E-state index < -0.39 is 16.0 Å². The van der Waals surface area contributed by atoms with Crippen LogP contribution in [0.3, 0.4) is 0 Å². The maximum absolute atomic E-state index is 12.2. The number of ether oxygens (including phenoxy) is 1. The summed E-state index contributed by atoms with van der Waals surface area (Å²) in [5, 5.41) is 3.84. The molecule has 0 atom stereocenters. The van der Waals surface area contributed by atoms with Crippen LogP contribution in [0.15, 0.2) is 26.9 Å². The first-order valence-corrected chi connectivity index (χ1v) is 8.61. The largest absolute Gasteiger partial charge is 0.465 e. The van der Waals surface area contributed by atoms with Crippen molar-refractivity contribution in [2.45, 2.75) is 30.4 Å². The lowest BCUT2D eigenvalue weighted by Gasteiger charge is -2.12. The van der Waals surface area contributed by atoms with Gasteiger partial charge in [0.05, 0.1) is 12.8 Å². The lowest BCUT2D eigenvalue weighted by atomic mass is 9.92. The van der Waals surface area contributed by atoms with E-state index in [4.69, 9.17) is 4.52 Å². The molecule has 2 heterocycles. The molecule has 0 aromatic carbocycles. The molecule has 22 heavy (non-hydrogen) atoms. The van der Waals surface area contributed by atoms with E-state index in [-0.39, 0.29) is 20.4 Å². The zero-order valence-corrected chi connectivity index (χ0v) is 14.2. The van der Waals surface area contributed by atoms with Gasteiger partial charge < -0.3 is 9.26 Å². The van der Waals surface area contributed by atoms with Crippen LogP contribution in [0, 0.1) is 0 Å². The summed E-state index contributed by atoms with van der Waals surface area (Å²) in [5.41, 5.74) is 0.375. The van der Waals surface area contributed by atoms with Crippen LogP contribution in [0.5, 0.6) is 0 Å². The third-order valence-electron chi connectivity index (χ3n) is 2.75. The van der Waals surface area contributed by atoms with Crippen LogP contribution in [0.4, 0.5) is 5.88 Å². The summed E-state index contributed by atoms with van der Waals surface area (Å²) in [6.45, 7) is 5.81. The Labute approximate surface area is 132 Å². The number of rotatable bonds is 4. The molecule has 0 spiro atoms. The molecule has 1 N–H and O–H groups in total. The summed E-state index contributed by atoms with van der Waals surface area (Å²) in [6.07, 6.45) is 0. The Kier molecular flexibility index (Phi) is 4.30. The highest BCUT2D eigenvalue weighted by Crippen LogP contribution is 2.27. The van der Waals surface area contributed by atoms with E-state index in [2.05, 4.69) is 14.6 Å². The van der Waals surface area contributed by atoms with Crippen LogP contribution in [0.25, 0.3) is 0 Å². The summed E-state index contributed by atoms with van der Waals surface area (Å²) in [5.74, 6) is -0.556. The fraction of sp³-hybridized carbons (Fsp3) is 0.385. The minimum atomic E-state index is -3.84. The van der Waals surface area contributed by atoms with Gasteiger partial charge in [-0.3, -0.25) is 0 Å². The van der Waals surface area contributed by atoms with E-state index in [0.29, 0.717) is 5.69 Å². The number of aromatic nitrogens is 1. The molecule has 2 aromatic rings. The van der Waals surface area contributed by atoms with Gasteiger partial charge in [-0.15, -0.1) is 11.3 Å². The van der Waals surface area contributed by atoms with Gasteiger partial charge in [0, 0.05) is 11.5 Å². The highest BCUT2D eigenvalue weighted by atomic mass is 32.2. The molecule has 120 valence electrons. The SMILES string of the molecule is COC(=O)c1ccc(S(=O)(=O)Nc2cc(C(C)(C)C)no2)s1. The zero-order chi connectivity index (χ0) is 16.5. The Bertz CT molecular complexity index is 783. The van der Waals surface area contributed by atoms with Crippen LogP contribution in [0.1, 0.15) is 36.1 Å². The Balaban J connectivity index is 2.23. The second kappa shape index (κ2) is 5.73. The van der Waals surface area contributed by atoms with Gasteiger partial charge in [-0.05, 0) is 12.1 Å². The minimum absolute atomic E-state index is 0.0124. The van der Waals surface area contributed by atoms with Gasteiger partial charge in [-0.2, -0.15) is 0 Å². The number of sulfonamides is 1. The number of nitrogens with one attached hydrogen (secondary N) is 1. The second-order valence-corrected chi connectivity index (χ2v) is 8.54. The molecule has 0 aliphatic heterocycles. The molecule has 0 radical (unpaired) electrons. The number of nitrogens with zero attached hydrogens (tertiary/aromatic N) is 1. The van der Waals surface area contributed by atoms with Crippen molar-refractivity contribution in [1.29, 1.82) is 0 Å². The molecule has 7 nitrogen and oxygen atoms in total. The molecule has 0 unspecified atom stereocenters. The van der Waals surface area contributed by atoms with Crippen LogP contribution in [-0.4, -0.2) is 26.7 Å². The molecule has 0 aliphatic carbocycles. The first-order valence-electron chi connectivity index (χ1n) is 6.31. The minimum Gasteiger partial charge on any atom is -0.465 e. The summed E-state index contributed by atoms with van der Waals surface area (Å²) in [4.78, 5) is 11.6. The van der Waals surface area contributed by atoms with Crippen LogP contribution in [0.2, 0.25) is 0 Å². The quantitative estimate of drug-likeness (QED) is 0.856. The summed E-state index contributed by atoms with van der Waals surface area (Å²) in [6, 6.07) is 4.26. The van der Waals surface area contributed by atoms with Crippen molar-refractivity contribution < 1.29 is 22.5 Å². The Morgan fingerprint density at radius 3 is 2.59 bits per heavy atom. The van der Waals surface area contributed by atoms with Crippen LogP contribution in [-0.2, 0) is 20.2 Å². The third-order valence-corrected chi connectivity index (χ3v) is 5.65. The molecule has 2 aromatic heterocycles. The molecule has 2 rings (SSSR count). The predicted molar refractivity (Wildman–Crippen MR) is 81.7 cm³/mol. The normalized spacial score (nSPS) is 12.2. The van der Waals surface area contributed by atoms with Crippen molar-refractivity contribution in [2.24, 2.45) is 0 Å². The van der Waals surface area contributed by atoms with Gasteiger partial charge in [-0.25, -0.2) is 17.9 Å². The topological polar surface area (TPSA) is 98.5 Å². The van der Waals surface area contributed by atoms with Gasteiger partial charge in [0.15, 0.2) is 0 Å². The molecule has 9 heteroatoms. The number of anilines is 1. The van der Waals surface area contributed by atoms with Crippen molar-refractivity contribution in [1.82, 2.24) is 5.16 Å². The van der Waals surface area contributed by atoms with Crippen molar-refractivity contribution in [3.05, 3.63) is 28.8 Å². The Hall–Kier alpha value is -1.87. The number of carbonyl (C=O) groups is 1. The van der Waals surface area contributed by atoms with E-state index in [1.54, 1.807) is 0 Å². The standard InChI is InChI=1S/C13H16N2O5S2/c1-13(2,3)9-7-10(20-14-9)15-22(17,18)11-6-5-8(21-11)12(16)19-4/h5-7,15H,1-4H3. The highest BCUT2D eigenvalue weighted by molar-refractivity contribution is 7.94. The molecule has 0 bridgehead atoms. The zero-order valence-electron chi connectivity index (χ0n) is 12.5. The lowest BCUT2D eigenvalue weighted by molar-refractivity contribution is 0.0606. The maximum atomic E-state index is 12.2. The van der Waals surface area contributed by atoms with Gasteiger partial charge >= 0.3 is 5.97 Å². The Morgan fingerprint density at radius 1 is 1.36 bits per heavy atom. The lowest BCUT2D eigenvalue weighted by Crippen LogP contribution is -2.12. The van der Waals surface area contributed by atoms with Crippen molar-refractivity contribution >= 4 is 33.2 Å². The van der Waals surface area contributed by atoms with Crippen LogP contribution < -0.4 is 4.72 Å². The monoisotopic (exact) mass is 344 g/mol. The smallest absolute Gasteiger partial charge is 0.348 e. The molecule has 0 saturated heterocycles. The molecule has 0 saturated carbocycles. The number of hydrogen-bond donors (Lipinski definition) is 1. The number of esters is 1. The molecular formula is C13H16N2O5S2. The highest BCUT2D eigenvalue weighted by Gasteiger charge is 2.24. The fourth-order valence-corrected chi connectivity index (χ4v) is 3.73. The fourth-order valence-electron chi connectivity index (χ4n) is 1.53. The summed E-state index contributed by atoms with van der Waals surface area (Å²) < 4.78 is 36.3. The molecule has 0 amide bonds. The number of carbonyl (C=O) groups excluding carboxylic acids is 1. The van der Waals surface area contributed by atoms with Crippen molar-refractivity contribution in [2.75, 3.05) is 11.8 Å². The van der Waals surface area contributed by atoms with E-state index in [1.807, 2.05) is 20.8 Å². The van der Waals surface area contributed by atoms with Gasteiger partial charge in [0.1, 0.15) is 9.09 Å². The number of methoxy groups -OCH3 is 1. The summed E-state index contributed by atoms with van der Waals surface area (Å²) >= 11 is 0.817. The van der Waals surface area contributed by atoms with E-state index in [0.717, 1.165) is 11.3 Å². The van der Waals surface area contributed by atoms with E-state index in [1.165, 1.54) is 25.3 Å². The van der Waals surface area contributed by atoms with Crippen molar-refractivity contribution in [3.63, 3.8) is 0 Å². The predicted octanol–water partition coefficient (Wildman–Crippen LogP) is 2.62. The Morgan fingerprint density at radius 2 is 2.05 bits per heavy atom. The number of thiophene rings is 1. The van der Waals surface area contributed by atoms with Crippen molar-refractivity contribution in [3.8, 4) is 0 Å². The first-order chi connectivity index (χ1) is 10.1. The van der Waals surface area contributed by atoms with E-state index in [9.17, 15) is 13.2 Å².